The van der Waals surface area contributed by atoms with Crippen LogP contribution in [0.4, 0.5) is 52.4 Å². The summed E-state index contributed by atoms with van der Waals surface area (Å²) in [7, 11) is 1.96. The van der Waals surface area contributed by atoms with Gasteiger partial charge in [0.05, 0.1) is 36.9 Å². The molecule has 23 N–H and O–H groups in total. The Kier molecular flexibility index (Phi) is 29.2. The molecule has 0 fully saturated rings. The predicted octanol–water partition coefficient (Wildman–Crippen LogP) is 22.6. The molecule has 0 saturated heterocycles. The van der Waals surface area contributed by atoms with Gasteiger partial charge >= 0.3 is 0 Å². The number of nitrogen functional groups attached to an aromatic ring is 9. The lowest BCUT2D eigenvalue weighted by atomic mass is 10.2. The van der Waals surface area contributed by atoms with Gasteiger partial charge in [-0.25, -0.2) is 49.8 Å². The number of aromatic nitrogens is 17. The lowest BCUT2D eigenvalue weighted by Crippen LogP contribution is -1.92. The Labute approximate surface area is 765 Å². The van der Waals surface area contributed by atoms with Crippen LogP contribution in [0.2, 0.25) is 0 Å². The van der Waals surface area contributed by atoms with Crippen LogP contribution in [-0.4, -0.2) is 84.3 Å². The molecular formula is C99H114N26O2S3. The number of imidazole rings is 1. The summed E-state index contributed by atoms with van der Waals surface area (Å²) in [6.07, 6.45) is 19.2. The Morgan fingerprint density at radius 1 is 0.300 bits per heavy atom. The number of fused-ring (bicyclic) bond motifs is 11. The highest BCUT2D eigenvalue weighted by molar-refractivity contribution is 7.20. The van der Waals surface area contributed by atoms with Crippen LogP contribution >= 0.6 is 34.0 Å². The summed E-state index contributed by atoms with van der Waals surface area (Å²) in [5.74, 6) is 7.96. The van der Waals surface area contributed by atoms with Crippen LogP contribution in [-0.2, 0) is 7.05 Å². The standard InChI is InChI=1S/C10H11N.3C9H11N3.2C9H10N2O.3C9H10N2S.C9H10N2.C8H10N4/c1-7-8(2)11-10-6-4-3-5-9(7)10;1-5-6(2)12-7-3-4-11-9(10)8(5)7;2*1-5-6(2)12-8-7(5)3-4-11-9(8)10;1-5-6(2)12-7-3-4-11-9(10)8(5)7;1-5-6(2)12-8-7(5)3-4-11-9(8)10;1-5-6(2)12-7-3-4-11-9(10)8(5)7;2*1-5-6(2)12-8-7(5)3-4-11-9(8)10;1-6-7(2)11-9-3-4-10-5-8(6)9;1-5-11-7-6(12(5)2)3-4-10-8(7)9/h3-6,11H,1-2H3;3*3-4,12H,1-2H3,(H2,10,11);5*3-4H,1-2H3,(H2,10,11);3-5,11H,1-2H3;3-4H,1-2H3,(H2,9,10). The molecule has 22 aromatic rings. The summed E-state index contributed by atoms with van der Waals surface area (Å²) >= 11 is 5.21. The van der Waals surface area contributed by atoms with Crippen LogP contribution in [0.3, 0.4) is 0 Å². The van der Waals surface area contributed by atoms with Crippen LogP contribution in [0.5, 0.6) is 0 Å². The van der Waals surface area contributed by atoms with E-state index in [1.165, 1.54) is 119 Å². The van der Waals surface area contributed by atoms with E-state index in [2.05, 4.69) is 187 Å². The van der Waals surface area contributed by atoms with Gasteiger partial charge < -0.3 is 89.9 Å². The molecule has 670 valence electrons. The number of nitrogens with one attached hydrogen (secondary N) is 5. The van der Waals surface area contributed by atoms with Crippen molar-refractivity contribution >= 4 is 204 Å². The van der Waals surface area contributed by atoms with Crippen LogP contribution in [0.1, 0.15) is 116 Å². The summed E-state index contributed by atoms with van der Waals surface area (Å²) < 4.78 is 16.4. The molecule has 0 saturated carbocycles. The number of H-pyrrole nitrogens is 5. The number of benzene rings is 1. The van der Waals surface area contributed by atoms with Gasteiger partial charge in [-0.05, 0) is 262 Å². The number of hydrogen-bond acceptors (Lipinski definition) is 25. The zero-order valence-electron chi connectivity index (χ0n) is 77.5. The second-order valence-corrected chi connectivity index (χ2v) is 35.5. The largest absolute Gasteiger partial charge is 0.461 e. The summed E-state index contributed by atoms with van der Waals surface area (Å²) in [4.78, 5) is 64.7. The van der Waals surface area contributed by atoms with Crippen LogP contribution < -0.4 is 51.6 Å². The van der Waals surface area contributed by atoms with Crippen molar-refractivity contribution in [1.29, 1.82) is 0 Å². The number of aryl methyl sites for hydroxylation is 22. The molecule has 0 radical (unpaired) electrons. The highest BCUT2D eigenvalue weighted by Crippen LogP contribution is 2.37. The van der Waals surface area contributed by atoms with E-state index in [4.69, 9.17) is 60.4 Å². The number of pyridine rings is 10. The first-order valence-corrected chi connectivity index (χ1v) is 44.4. The van der Waals surface area contributed by atoms with Crippen LogP contribution in [0.15, 0.2) is 162 Å². The molecule has 0 aliphatic carbocycles. The number of aromatic amines is 5. The third kappa shape index (κ3) is 20.2. The maximum atomic E-state index is 5.77. The lowest BCUT2D eigenvalue weighted by molar-refractivity contribution is 0.574. The normalized spacial score (nSPS) is 10.8. The molecule has 130 heavy (non-hydrogen) atoms. The van der Waals surface area contributed by atoms with Crippen LogP contribution in [0.25, 0.3) is 118 Å². The van der Waals surface area contributed by atoms with Gasteiger partial charge in [-0.15, -0.1) is 34.0 Å². The minimum Gasteiger partial charge on any atom is -0.461 e. The van der Waals surface area contributed by atoms with Gasteiger partial charge in [0, 0.05) is 188 Å². The smallest absolute Gasteiger partial charge is 0.176 e. The van der Waals surface area contributed by atoms with Crippen molar-refractivity contribution in [3.63, 3.8) is 0 Å². The third-order valence-corrected chi connectivity index (χ3v) is 27.4. The van der Waals surface area contributed by atoms with E-state index in [9.17, 15) is 0 Å². The van der Waals surface area contributed by atoms with E-state index >= 15 is 0 Å². The number of anilines is 9. The quantitative estimate of drug-likeness (QED) is 0.0670. The molecule has 22 rings (SSSR count). The molecule has 0 aliphatic heterocycles. The fourth-order valence-corrected chi connectivity index (χ4v) is 18.0. The first kappa shape index (κ1) is 94.2. The van der Waals surface area contributed by atoms with E-state index in [0.29, 0.717) is 57.9 Å². The first-order valence-electron chi connectivity index (χ1n) is 41.9. The van der Waals surface area contributed by atoms with Gasteiger partial charge in [-0.2, -0.15) is 0 Å². The van der Waals surface area contributed by atoms with Gasteiger partial charge in [-0.3, -0.25) is 4.98 Å². The molecule has 0 atom stereocenters. The van der Waals surface area contributed by atoms with E-state index in [0.717, 1.165) is 110 Å². The number of hydrogen-bond donors (Lipinski definition) is 14. The van der Waals surface area contributed by atoms with Crippen molar-refractivity contribution in [2.75, 3.05) is 51.6 Å². The highest BCUT2D eigenvalue weighted by atomic mass is 32.1. The lowest BCUT2D eigenvalue weighted by Gasteiger charge is -1.95. The monoisotopic (exact) mass is 1790 g/mol. The molecule has 1 aromatic carbocycles. The van der Waals surface area contributed by atoms with E-state index in [-0.39, 0.29) is 0 Å². The summed E-state index contributed by atoms with van der Waals surface area (Å²) in [6.45, 7) is 43.2. The van der Waals surface area contributed by atoms with E-state index in [1.54, 1.807) is 96.0 Å². The van der Waals surface area contributed by atoms with Crippen molar-refractivity contribution < 1.29 is 8.83 Å². The Balaban J connectivity index is 0.000000129. The molecule has 0 unspecified atom stereocenters. The Bertz CT molecular complexity index is 6880. The number of thiophene rings is 3. The Morgan fingerprint density at radius 2 is 0.708 bits per heavy atom. The molecule has 21 aromatic heterocycles. The molecule has 31 heteroatoms. The predicted molar refractivity (Wildman–Crippen MR) is 547 cm³/mol. The number of para-hydroxylation sites is 1. The van der Waals surface area contributed by atoms with Gasteiger partial charge in [0.2, 0.25) is 0 Å². The molecule has 0 bridgehead atoms. The van der Waals surface area contributed by atoms with Crippen molar-refractivity contribution in [2.24, 2.45) is 7.05 Å². The third-order valence-electron chi connectivity index (χ3n) is 23.7. The summed E-state index contributed by atoms with van der Waals surface area (Å²) in [5, 5.41) is 11.6. The second-order valence-electron chi connectivity index (χ2n) is 31.8. The number of nitrogens with two attached hydrogens (primary N) is 9. The topological polar surface area (TPSA) is 486 Å². The van der Waals surface area contributed by atoms with E-state index < -0.39 is 0 Å². The van der Waals surface area contributed by atoms with Crippen molar-refractivity contribution in [3.05, 3.63) is 269 Å². The minimum atomic E-state index is 0.462. The van der Waals surface area contributed by atoms with Crippen LogP contribution in [0, 0.1) is 145 Å². The zero-order valence-corrected chi connectivity index (χ0v) is 80.0. The molecule has 0 spiro atoms. The number of furan rings is 2. The average molecular weight is 1800 g/mol. The van der Waals surface area contributed by atoms with Crippen molar-refractivity contribution in [1.82, 2.24) is 84.3 Å². The molecule has 0 amide bonds. The molecule has 0 aliphatic rings. The molecule has 28 nitrogen and oxygen atoms in total. The fraction of sp³-hybridized carbons (Fsp3) is 0.222. The molecule has 21 heterocycles. The van der Waals surface area contributed by atoms with Gasteiger partial charge in [-0.1, -0.05) is 18.2 Å². The minimum absolute atomic E-state index is 0.462. The number of nitrogens with zero attached hydrogens (tertiary/aromatic N) is 12. The maximum Gasteiger partial charge on any atom is 0.176 e. The van der Waals surface area contributed by atoms with Gasteiger partial charge in [0.15, 0.2) is 17.2 Å². The van der Waals surface area contributed by atoms with Gasteiger partial charge in [0.1, 0.15) is 69.2 Å². The second kappa shape index (κ2) is 40.4. The van der Waals surface area contributed by atoms with Gasteiger partial charge in [0.25, 0.3) is 0 Å². The van der Waals surface area contributed by atoms with Crippen molar-refractivity contribution in [3.8, 4) is 0 Å². The Hall–Kier alpha value is -15.0. The summed E-state index contributed by atoms with van der Waals surface area (Å²) in [6, 6.07) is 28.0. The molecular weight excluding hydrogens is 1680 g/mol. The highest BCUT2D eigenvalue weighted by Gasteiger charge is 2.16. The number of rotatable bonds is 0. The maximum absolute atomic E-state index is 5.77. The van der Waals surface area contributed by atoms with E-state index in [1.807, 2.05) is 141 Å². The average Bonchev–Trinajstić information content (AvgIpc) is 1.87. The zero-order chi connectivity index (χ0) is 94.1. The fourth-order valence-electron chi connectivity index (χ4n) is 14.8. The first-order chi connectivity index (χ1) is 61.9. The SMILES string of the molecule is Cc1[nH]c2c(N)nccc2c1C.Cc1[nH]c2c(N)nccc2c1C.Cc1[nH]c2ccccc2c1C.Cc1[nH]c2ccnc(N)c2c1C.Cc1[nH]c2ccncc2c1C.Cc1nc2c(N)nccc2n1C.Cc1oc2c(N)nccc2c1C.Cc1oc2ccnc(N)c2c1C.Cc1sc2c(N)nccc2c1C.Cc1sc2c(N)nccc2c1C.Cc1sc2ccnc(N)c2c1C. The van der Waals surface area contributed by atoms with Crippen molar-refractivity contribution in [2.45, 2.75) is 145 Å². The Morgan fingerprint density at radius 3 is 1.22 bits per heavy atom. The summed E-state index contributed by atoms with van der Waals surface area (Å²) in [5.41, 5.74) is 78.5.